The maximum Gasteiger partial charge on any atom is 0.305 e. The van der Waals surface area contributed by atoms with Crippen LogP contribution in [-0.4, -0.2) is 42.5 Å². The summed E-state index contributed by atoms with van der Waals surface area (Å²) in [5.41, 5.74) is 0. The fraction of sp³-hybridized carbons (Fsp3) is 0.667. The second-order valence-corrected chi connectivity index (χ2v) is 2.61. The van der Waals surface area contributed by atoms with Crippen molar-refractivity contribution in [2.45, 2.75) is 25.5 Å². The minimum absolute atomic E-state index is 0.248. The summed E-state index contributed by atoms with van der Waals surface area (Å²) in [6.45, 7) is 0.418. The summed E-state index contributed by atoms with van der Waals surface area (Å²) in [5, 5.41) is 27.8. The van der Waals surface area contributed by atoms with Gasteiger partial charge in [-0.05, 0) is 16.8 Å². The summed E-state index contributed by atoms with van der Waals surface area (Å²) < 4.78 is 1.44. The number of tetrazole rings is 1. The molecule has 0 saturated heterocycles. The van der Waals surface area contributed by atoms with Gasteiger partial charge in [-0.25, -0.2) is 4.68 Å². The van der Waals surface area contributed by atoms with E-state index in [9.17, 15) is 4.79 Å². The molecule has 0 aromatic carbocycles. The van der Waals surface area contributed by atoms with E-state index in [0.29, 0.717) is 13.0 Å². The summed E-state index contributed by atoms with van der Waals surface area (Å²) >= 11 is 0. The predicted molar refractivity (Wildman–Crippen MR) is 40.7 cm³/mol. The maximum absolute atomic E-state index is 10.2. The first-order chi connectivity index (χ1) is 6.18. The van der Waals surface area contributed by atoms with E-state index < -0.39 is 12.1 Å². The van der Waals surface area contributed by atoms with Gasteiger partial charge in [-0.3, -0.25) is 4.79 Å². The van der Waals surface area contributed by atoms with Crippen LogP contribution in [0.25, 0.3) is 0 Å². The first-order valence-electron chi connectivity index (χ1n) is 3.79. The van der Waals surface area contributed by atoms with Crippen LogP contribution in [0.5, 0.6) is 0 Å². The predicted octanol–water partition coefficient (Wildman–Crippen LogP) is -1.10. The number of carboxylic acids is 1. The average Bonchev–Trinajstić information content (AvgIpc) is 2.51. The summed E-state index contributed by atoms with van der Waals surface area (Å²) in [6, 6.07) is 0. The highest BCUT2D eigenvalue weighted by Gasteiger charge is 2.09. The number of aliphatic hydroxyl groups is 1. The van der Waals surface area contributed by atoms with Crippen molar-refractivity contribution in [3.63, 3.8) is 0 Å². The molecule has 7 nitrogen and oxygen atoms in total. The van der Waals surface area contributed by atoms with Crippen LogP contribution in [0.1, 0.15) is 12.8 Å². The standard InChI is InChI=1S/C6H10N4O3/c11-5(3-6(12)13)1-2-10-4-7-8-9-10/h4-5,11H,1-3H2,(H,12,13). The number of carboxylic acid groups (broad SMARTS) is 1. The highest BCUT2D eigenvalue weighted by molar-refractivity contribution is 5.67. The molecule has 1 unspecified atom stereocenters. The van der Waals surface area contributed by atoms with Crippen molar-refractivity contribution in [3.8, 4) is 0 Å². The number of hydrogen-bond acceptors (Lipinski definition) is 5. The van der Waals surface area contributed by atoms with Crippen LogP contribution in [-0.2, 0) is 11.3 Å². The van der Waals surface area contributed by atoms with Gasteiger partial charge in [0.1, 0.15) is 6.33 Å². The topological polar surface area (TPSA) is 101 Å². The van der Waals surface area contributed by atoms with Crippen LogP contribution < -0.4 is 0 Å². The van der Waals surface area contributed by atoms with Gasteiger partial charge in [0.15, 0.2) is 0 Å². The summed E-state index contributed by atoms with van der Waals surface area (Å²) in [5.74, 6) is -1.01. The quantitative estimate of drug-likeness (QED) is 0.605. The molecule has 0 fully saturated rings. The Bertz CT molecular complexity index is 261. The second kappa shape index (κ2) is 4.51. The molecule has 1 rings (SSSR count). The Kier molecular flexibility index (Phi) is 3.32. The number of carbonyl (C=O) groups is 1. The van der Waals surface area contributed by atoms with Crippen molar-refractivity contribution in [2.75, 3.05) is 0 Å². The third kappa shape index (κ3) is 3.61. The van der Waals surface area contributed by atoms with Crippen LogP contribution in [0.2, 0.25) is 0 Å². The van der Waals surface area contributed by atoms with Crippen molar-refractivity contribution in [2.24, 2.45) is 0 Å². The fourth-order valence-corrected chi connectivity index (χ4v) is 0.868. The summed E-state index contributed by atoms with van der Waals surface area (Å²) in [6.07, 6.45) is 0.647. The zero-order valence-electron chi connectivity index (χ0n) is 6.87. The number of aliphatic hydroxyl groups excluding tert-OH is 1. The van der Waals surface area contributed by atoms with Crippen LogP contribution in [0, 0.1) is 0 Å². The number of rotatable bonds is 5. The van der Waals surface area contributed by atoms with E-state index >= 15 is 0 Å². The van der Waals surface area contributed by atoms with E-state index in [2.05, 4.69) is 15.5 Å². The monoisotopic (exact) mass is 186 g/mol. The highest BCUT2D eigenvalue weighted by atomic mass is 16.4. The van der Waals surface area contributed by atoms with Gasteiger partial charge in [0.25, 0.3) is 0 Å². The zero-order chi connectivity index (χ0) is 9.68. The molecule has 2 N–H and O–H groups in total. The minimum Gasteiger partial charge on any atom is -0.481 e. The number of aromatic nitrogens is 4. The molecule has 0 amide bonds. The van der Waals surface area contributed by atoms with E-state index in [1.165, 1.54) is 11.0 Å². The molecule has 7 heteroatoms. The minimum atomic E-state index is -1.01. The smallest absolute Gasteiger partial charge is 0.305 e. The number of aliphatic carboxylic acids is 1. The van der Waals surface area contributed by atoms with E-state index in [-0.39, 0.29) is 6.42 Å². The third-order valence-corrected chi connectivity index (χ3v) is 1.49. The molecular weight excluding hydrogens is 176 g/mol. The van der Waals surface area contributed by atoms with E-state index in [1.54, 1.807) is 0 Å². The molecule has 1 heterocycles. The lowest BCUT2D eigenvalue weighted by atomic mass is 10.2. The molecule has 0 aliphatic rings. The molecule has 0 bridgehead atoms. The van der Waals surface area contributed by atoms with Crippen molar-refractivity contribution in [3.05, 3.63) is 6.33 Å². The largest absolute Gasteiger partial charge is 0.481 e. The van der Waals surface area contributed by atoms with Gasteiger partial charge < -0.3 is 10.2 Å². The van der Waals surface area contributed by atoms with Gasteiger partial charge in [0.2, 0.25) is 0 Å². The van der Waals surface area contributed by atoms with Gasteiger partial charge in [-0.15, -0.1) is 5.10 Å². The van der Waals surface area contributed by atoms with Gasteiger partial charge in [0.05, 0.1) is 12.5 Å². The lowest BCUT2D eigenvalue weighted by Gasteiger charge is -2.05. The Morgan fingerprint density at radius 1 is 1.62 bits per heavy atom. The third-order valence-electron chi connectivity index (χ3n) is 1.49. The van der Waals surface area contributed by atoms with Crippen molar-refractivity contribution < 1.29 is 15.0 Å². The normalized spacial score (nSPS) is 12.7. The Morgan fingerprint density at radius 3 is 2.92 bits per heavy atom. The van der Waals surface area contributed by atoms with Crippen molar-refractivity contribution in [1.29, 1.82) is 0 Å². The molecule has 1 aromatic rings. The van der Waals surface area contributed by atoms with Crippen molar-refractivity contribution >= 4 is 5.97 Å². The lowest BCUT2D eigenvalue weighted by Crippen LogP contribution is -2.15. The van der Waals surface area contributed by atoms with Gasteiger partial charge in [-0.2, -0.15) is 0 Å². The lowest BCUT2D eigenvalue weighted by molar-refractivity contribution is -0.139. The zero-order valence-corrected chi connectivity index (χ0v) is 6.87. The average molecular weight is 186 g/mol. The second-order valence-electron chi connectivity index (χ2n) is 2.61. The van der Waals surface area contributed by atoms with Crippen LogP contribution >= 0.6 is 0 Å². The van der Waals surface area contributed by atoms with Gasteiger partial charge in [0, 0.05) is 6.54 Å². The van der Waals surface area contributed by atoms with E-state index in [4.69, 9.17) is 10.2 Å². The number of hydrogen-bond donors (Lipinski definition) is 2. The highest BCUT2D eigenvalue weighted by Crippen LogP contribution is 1.99. The molecule has 1 atom stereocenters. The SMILES string of the molecule is O=C(O)CC(O)CCn1cnnn1. The fourth-order valence-electron chi connectivity index (χ4n) is 0.868. The Morgan fingerprint density at radius 2 is 2.38 bits per heavy atom. The Balaban J connectivity index is 2.22. The first-order valence-corrected chi connectivity index (χ1v) is 3.79. The van der Waals surface area contributed by atoms with Gasteiger partial charge in [-0.1, -0.05) is 0 Å². The molecular formula is C6H10N4O3. The van der Waals surface area contributed by atoms with Crippen LogP contribution in [0.4, 0.5) is 0 Å². The molecule has 0 saturated carbocycles. The Hall–Kier alpha value is -1.50. The molecule has 0 aliphatic carbocycles. The summed E-state index contributed by atoms with van der Waals surface area (Å²) in [4.78, 5) is 10.2. The Labute approximate surface area is 74.0 Å². The molecule has 13 heavy (non-hydrogen) atoms. The molecule has 0 aliphatic heterocycles. The van der Waals surface area contributed by atoms with Crippen LogP contribution in [0.15, 0.2) is 6.33 Å². The van der Waals surface area contributed by atoms with E-state index in [1.807, 2.05) is 0 Å². The molecule has 1 aromatic heterocycles. The molecule has 0 radical (unpaired) electrons. The maximum atomic E-state index is 10.2. The van der Waals surface area contributed by atoms with Crippen molar-refractivity contribution in [1.82, 2.24) is 20.2 Å². The summed E-state index contributed by atoms with van der Waals surface area (Å²) in [7, 11) is 0. The molecule has 0 spiro atoms. The number of nitrogens with zero attached hydrogens (tertiary/aromatic N) is 4. The van der Waals surface area contributed by atoms with Crippen LogP contribution in [0.3, 0.4) is 0 Å². The first kappa shape index (κ1) is 9.59. The van der Waals surface area contributed by atoms with Gasteiger partial charge >= 0.3 is 5.97 Å². The van der Waals surface area contributed by atoms with E-state index in [0.717, 1.165) is 0 Å². The number of aryl methyl sites for hydroxylation is 1. The molecule has 72 valence electrons.